The van der Waals surface area contributed by atoms with E-state index in [4.69, 9.17) is 4.74 Å². The first-order chi connectivity index (χ1) is 13.3. The summed E-state index contributed by atoms with van der Waals surface area (Å²) < 4.78 is 6.32. The minimum Gasteiger partial charge on any atom is -0.462 e. The molecular weight excluding hydrogens is 362 g/mol. The highest BCUT2D eigenvalue weighted by Crippen LogP contribution is 2.26. The quantitative estimate of drug-likeness (QED) is 0.390. The van der Waals surface area contributed by atoms with Crippen molar-refractivity contribution in [3.8, 4) is 5.69 Å². The maximum Gasteiger partial charge on any atom is 0.338 e. The highest BCUT2D eigenvalue weighted by molar-refractivity contribution is 5.99. The number of nitrogens with zero attached hydrogens (tertiary/aromatic N) is 3. The predicted molar refractivity (Wildman–Crippen MR) is 104 cm³/mol. The molecule has 0 N–H and O–H groups in total. The van der Waals surface area contributed by atoms with Crippen molar-refractivity contribution in [2.75, 3.05) is 6.61 Å². The van der Waals surface area contributed by atoms with Crippen LogP contribution in [0.3, 0.4) is 0 Å². The van der Waals surface area contributed by atoms with Crippen molar-refractivity contribution in [3.05, 3.63) is 73.3 Å². The van der Waals surface area contributed by atoms with E-state index in [1.54, 1.807) is 39.8 Å². The van der Waals surface area contributed by atoms with E-state index >= 15 is 0 Å². The van der Waals surface area contributed by atoms with Crippen LogP contribution < -0.4 is 5.56 Å². The summed E-state index contributed by atoms with van der Waals surface area (Å²) in [6.45, 7) is 6.94. The number of aryl methyl sites for hydroxylation is 3. The van der Waals surface area contributed by atoms with Crippen molar-refractivity contribution in [2.24, 2.45) is 0 Å². The maximum atomic E-state index is 13.3. The molecule has 1 aromatic heterocycles. The third-order valence-corrected chi connectivity index (χ3v) is 4.58. The van der Waals surface area contributed by atoms with Crippen LogP contribution in [0.2, 0.25) is 0 Å². The maximum absolute atomic E-state index is 13.3. The summed E-state index contributed by atoms with van der Waals surface area (Å²) in [4.78, 5) is 41.0. The van der Waals surface area contributed by atoms with E-state index in [2.05, 4.69) is 4.98 Å². The van der Waals surface area contributed by atoms with Crippen molar-refractivity contribution < 1.29 is 14.5 Å². The second kappa shape index (κ2) is 7.22. The third-order valence-electron chi connectivity index (χ3n) is 4.58. The Morgan fingerprint density at radius 2 is 1.93 bits per heavy atom. The van der Waals surface area contributed by atoms with Crippen LogP contribution in [0.5, 0.6) is 0 Å². The molecule has 28 heavy (non-hydrogen) atoms. The first kappa shape index (κ1) is 19.2. The topological polar surface area (TPSA) is 104 Å². The molecule has 144 valence electrons. The van der Waals surface area contributed by atoms with Crippen molar-refractivity contribution in [3.63, 3.8) is 0 Å². The molecule has 0 fully saturated rings. The minimum absolute atomic E-state index is 0.127. The van der Waals surface area contributed by atoms with Gasteiger partial charge in [0.1, 0.15) is 11.5 Å². The number of esters is 1. The van der Waals surface area contributed by atoms with E-state index in [-0.39, 0.29) is 23.4 Å². The Kier molecular flexibility index (Phi) is 4.96. The molecule has 0 bridgehead atoms. The van der Waals surface area contributed by atoms with E-state index in [0.29, 0.717) is 28.0 Å². The molecule has 8 heteroatoms. The van der Waals surface area contributed by atoms with Gasteiger partial charge in [0.25, 0.3) is 11.2 Å². The van der Waals surface area contributed by atoms with E-state index in [9.17, 15) is 19.7 Å². The normalized spacial score (nSPS) is 10.9. The molecule has 0 unspecified atom stereocenters. The van der Waals surface area contributed by atoms with Gasteiger partial charge in [-0.15, -0.1) is 0 Å². The summed E-state index contributed by atoms with van der Waals surface area (Å²) in [5.74, 6) is -0.203. The van der Waals surface area contributed by atoms with Gasteiger partial charge in [-0.1, -0.05) is 12.1 Å². The fraction of sp³-hybridized carbons (Fsp3) is 0.250. The summed E-state index contributed by atoms with van der Waals surface area (Å²) in [5.41, 5.74) is 1.29. The van der Waals surface area contributed by atoms with Gasteiger partial charge >= 0.3 is 5.97 Å². The number of rotatable bonds is 4. The number of fused-ring (bicyclic) bond motifs is 1. The van der Waals surface area contributed by atoms with E-state index < -0.39 is 16.5 Å². The molecule has 0 radical (unpaired) electrons. The van der Waals surface area contributed by atoms with Crippen LogP contribution in [0.4, 0.5) is 5.69 Å². The van der Waals surface area contributed by atoms with Crippen LogP contribution in [0.1, 0.15) is 34.2 Å². The molecule has 3 rings (SSSR count). The molecular formula is C20H19N3O5. The number of nitro groups is 1. The van der Waals surface area contributed by atoms with E-state index in [1.165, 1.54) is 22.8 Å². The average molecular weight is 381 g/mol. The van der Waals surface area contributed by atoms with Crippen LogP contribution >= 0.6 is 0 Å². The zero-order valence-corrected chi connectivity index (χ0v) is 16.0. The van der Waals surface area contributed by atoms with Gasteiger partial charge < -0.3 is 4.74 Å². The number of hydrogen-bond donors (Lipinski definition) is 0. The Bertz CT molecular complexity index is 1180. The molecule has 3 aromatic rings. The zero-order valence-electron chi connectivity index (χ0n) is 16.0. The second-order valence-electron chi connectivity index (χ2n) is 6.35. The molecule has 2 aromatic carbocycles. The van der Waals surface area contributed by atoms with Gasteiger partial charge in [0.2, 0.25) is 0 Å². The zero-order chi connectivity index (χ0) is 20.6. The number of nitro benzene ring substituents is 1. The van der Waals surface area contributed by atoms with Crippen molar-refractivity contribution in [1.29, 1.82) is 0 Å². The lowest BCUT2D eigenvalue weighted by Gasteiger charge is -2.15. The monoisotopic (exact) mass is 381 g/mol. The molecule has 0 aliphatic carbocycles. The molecule has 0 saturated carbocycles. The van der Waals surface area contributed by atoms with Crippen molar-refractivity contribution >= 4 is 22.6 Å². The summed E-state index contributed by atoms with van der Waals surface area (Å²) in [6.07, 6.45) is 0. The Labute approximate surface area is 160 Å². The smallest absolute Gasteiger partial charge is 0.338 e. The molecule has 8 nitrogen and oxygen atoms in total. The van der Waals surface area contributed by atoms with Gasteiger partial charge in [-0.05, 0) is 51.0 Å². The highest BCUT2D eigenvalue weighted by Gasteiger charge is 2.23. The van der Waals surface area contributed by atoms with Crippen molar-refractivity contribution in [1.82, 2.24) is 9.55 Å². The fourth-order valence-corrected chi connectivity index (χ4v) is 3.41. The third kappa shape index (κ3) is 3.02. The largest absolute Gasteiger partial charge is 0.462 e. The number of para-hydroxylation sites is 2. The Morgan fingerprint density at radius 1 is 1.25 bits per heavy atom. The molecule has 0 aliphatic rings. The average Bonchev–Trinajstić information content (AvgIpc) is 2.61. The first-order valence-corrected chi connectivity index (χ1v) is 8.72. The lowest BCUT2D eigenvalue weighted by atomic mass is 9.98. The highest BCUT2D eigenvalue weighted by atomic mass is 16.6. The van der Waals surface area contributed by atoms with Gasteiger partial charge in [0.15, 0.2) is 0 Å². The molecule has 0 saturated heterocycles. The van der Waals surface area contributed by atoms with Gasteiger partial charge in [0.05, 0.1) is 28.0 Å². The summed E-state index contributed by atoms with van der Waals surface area (Å²) >= 11 is 0. The molecule has 1 heterocycles. The second-order valence-corrected chi connectivity index (χ2v) is 6.35. The van der Waals surface area contributed by atoms with Gasteiger partial charge in [0, 0.05) is 6.07 Å². The minimum atomic E-state index is -0.544. The number of ether oxygens (including phenoxy) is 1. The number of hydrogen-bond acceptors (Lipinski definition) is 6. The Morgan fingerprint density at radius 3 is 2.57 bits per heavy atom. The van der Waals surface area contributed by atoms with Crippen molar-refractivity contribution in [2.45, 2.75) is 27.7 Å². The van der Waals surface area contributed by atoms with Crippen LogP contribution in [0, 0.1) is 30.9 Å². The number of aromatic nitrogens is 2. The summed E-state index contributed by atoms with van der Waals surface area (Å²) in [7, 11) is 0. The predicted octanol–water partition coefficient (Wildman–Crippen LogP) is 3.40. The first-order valence-electron chi connectivity index (χ1n) is 8.72. The number of carbonyl (C=O) groups excluding carboxylic acids is 1. The van der Waals surface area contributed by atoms with Gasteiger partial charge in [-0.25, -0.2) is 9.78 Å². The number of carbonyl (C=O) groups is 1. The lowest BCUT2D eigenvalue weighted by Crippen LogP contribution is -2.24. The fourth-order valence-electron chi connectivity index (χ4n) is 3.41. The Hall–Kier alpha value is -3.55. The summed E-state index contributed by atoms with van der Waals surface area (Å²) in [6, 6.07) is 7.63. The van der Waals surface area contributed by atoms with Crippen LogP contribution in [-0.4, -0.2) is 27.1 Å². The van der Waals surface area contributed by atoms with Crippen LogP contribution in [-0.2, 0) is 4.74 Å². The Balaban J connectivity index is 2.42. The van der Waals surface area contributed by atoms with Crippen LogP contribution in [0.25, 0.3) is 16.6 Å². The SMILES string of the molecule is CCOC(=O)c1c(C)cc2nc(C)n(-c3ccccc3[N+](=O)[O-])c(=O)c2c1C. The van der Waals surface area contributed by atoms with Gasteiger partial charge in [-0.3, -0.25) is 19.5 Å². The molecule has 0 amide bonds. The van der Waals surface area contributed by atoms with Crippen LogP contribution in [0.15, 0.2) is 35.1 Å². The standard InChI is InChI=1S/C20H19N3O5/c1-5-28-20(25)17-11(2)10-14-18(12(17)3)19(24)22(13(4)21-14)15-8-6-7-9-16(15)23(26)27/h6-10H,5H2,1-4H3. The lowest BCUT2D eigenvalue weighted by molar-refractivity contribution is -0.384. The number of benzene rings is 2. The molecule has 0 aliphatic heterocycles. The van der Waals surface area contributed by atoms with Gasteiger partial charge in [-0.2, -0.15) is 0 Å². The van der Waals surface area contributed by atoms with E-state index in [1.807, 2.05) is 0 Å². The van der Waals surface area contributed by atoms with E-state index in [0.717, 1.165) is 0 Å². The molecule has 0 atom stereocenters. The molecule has 0 spiro atoms. The summed E-state index contributed by atoms with van der Waals surface area (Å²) in [5, 5.41) is 11.7.